The van der Waals surface area contributed by atoms with Crippen LogP contribution in [0.25, 0.3) is 6.08 Å². The van der Waals surface area contributed by atoms with Gasteiger partial charge in [0.05, 0.1) is 0 Å². The van der Waals surface area contributed by atoms with Gasteiger partial charge in [-0.15, -0.1) is 0 Å². The van der Waals surface area contributed by atoms with Gasteiger partial charge >= 0.3 is 0 Å². The fraction of sp³-hybridized carbons (Fsp3) is 0.385. The summed E-state index contributed by atoms with van der Waals surface area (Å²) in [5, 5.41) is 1.62. The lowest BCUT2D eigenvalue weighted by Crippen LogP contribution is -2.10. The van der Waals surface area contributed by atoms with E-state index in [1.807, 2.05) is 0 Å². The third kappa shape index (κ3) is 1.64. The molecule has 1 radical (unpaired) electrons. The van der Waals surface area contributed by atoms with E-state index in [1.165, 1.54) is 24.6 Å². The fourth-order valence-corrected chi connectivity index (χ4v) is 5.28. The number of benzene rings is 1. The molecule has 1 unspecified atom stereocenters. The Balaban J connectivity index is 2.28. The molecule has 0 bridgehead atoms. The molecule has 0 aliphatic carbocycles. The molecule has 2 rings (SSSR count). The van der Waals surface area contributed by atoms with E-state index in [1.54, 1.807) is 5.30 Å². The van der Waals surface area contributed by atoms with Crippen LogP contribution in [-0.2, 0) is 0 Å². The van der Waals surface area contributed by atoms with Crippen LogP contribution in [0.1, 0.15) is 25.3 Å². The summed E-state index contributed by atoms with van der Waals surface area (Å²) in [6, 6.07) is 8.87. The average Bonchev–Trinajstić information content (AvgIpc) is 2.55. The van der Waals surface area contributed by atoms with Crippen molar-refractivity contribution in [3.8, 4) is 0 Å². The van der Waals surface area contributed by atoms with Crippen LogP contribution in [0.4, 0.5) is 0 Å². The second-order valence-corrected chi connectivity index (χ2v) is 7.98. The number of rotatable bonds is 3. The first-order valence-electron chi connectivity index (χ1n) is 5.40. The molecule has 14 heavy (non-hydrogen) atoms. The first-order chi connectivity index (χ1) is 6.76. The topological polar surface area (TPSA) is 0 Å². The lowest BCUT2D eigenvalue weighted by Gasteiger charge is -2.26. The van der Waals surface area contributed by atoms with Gasteiger partial charge in [0.15, 0.2) is 0 Å². The molecular formula is C13H18P. The highest BCUT2D eigenvalue weighted by Gasteiger charge is 2.26. The van der Waals surface area contributed by atoms with Crippen molar-refractivity contribution < 1.29 is 0 Å². The zero-order valence-electron chi connectivity index (χ0n) is 9.03. The number of unbranched alkanes of at least 4 members (excludes halogenated alkanes) is 1. The first kappa shape index (κ1) is 9.93. The van der Waals surface area contributed by atoms with Crippen molar-refractivity contribution in [3.05, 3.63) is 35.6 Å². The van der Waals surface area contributed by atoms with Gasteiger partial charge in [-0.05, 0) is 30.1 Å². The molecule has 0 amide bonds. The molecule has 0 N–H and O–H groups in total. The maximum atomic E-state index is 2.48. The molecule has 75 valence electrons. The Morgan fingerprint density at radius 3 is 2.79 bits per heavy atom. The van der Waals surface area contributed by atoms with Crippen LogP contribution in [0, 0.1) is 0 Å². The first-order valence-corrected chi connectivity index (χ1v) is 7.89. The second kappa shape index (κ2) is 3.87. The highest BCUT2D eigenvalue weighted by Crippen LogP contribution is 2.60. The Bertz CT molecular complexity index is 354. The third-order valence-electron chi connectivity index (χ3n) is 3.05. The summed E-state index contributed by atoms with van der Waals surface area (Å²) in [4.78, 5) is 0. The third-order valence-corrected chi connectivity index (χ3v) is 6.61. The van der Waals surface area contributed by atoms with Crippen LogP contribution in [0.2, 0.25) is 0 Å². The number of hydrogen-bond donors (Lipinski definition) is 0. The van der Waals surface area contributed by atoms with Crippen LogP contribution >= 0.6 is 7.26 Å². The van der Waals surface area contributed by atoms with E-state index in [-0.39, 0.29) is 0 Å². The normalized spacial score (nSPS) is 23.9. The van der Waals surface area contributed by atoms with Crippen molar-refractivity contribution in [1.29, 1.82) is 0 Å². The van der Waals surface area contributed by atoms with Gasteiger partial charge in [-0.3, -0.25) is 0 Å². The Hall–Kier alpha value is -0.610. The number of fused-ring (bicyclic) bond motifs is 1. The van der Waals surface area contributed by atoms with E-state index in [2.05, 4.69) is 49.7 Å². The van der Waals surface area contributed by atoms with Crippen molar-refractivity contribution >= 4 is 18.6 Å². The predicted octanol–water partition coefficient (Wildman–Crippen LogP) is 3.74. The fourth-order valence-electron chi connectivity index (χ4n) is 2.10. The summed E-state index contributed by atoms with van der Waals surface area (Å²) in [5.74, 6) is 2.48. The van der Waals surface area contributed by atoms with Crippen molar-refractivity contribution in [2.75, 3.05) is 12.8 Å². The maximum absolute atomic E-state index is 2.48. The highest BCUT2D eigenvalue weighted by atomic mass is 31.2. The maximum Gasteiger partial charge on any atom is -0.0175 e. The summed E-state index contributed by atoms with van der Waals surface area (Å²) >= 11 is 0. The SMILES string of the molecule is CCCC[P]1(C)C=Cc2ccccc21. The van der Waals surface area contributed by atoms with Gasteiger partial charge in [0.25, 0.3) is 0 Å². The minimum Gasteiger partial charge on any atom is -0.0796 e. The molecule has 1 atom stereocenters. The standard InChI is InChI=1S/C13H18P/c1-3-4-10-14(2)11-9-12-7-5-6-8-13(12)14/h5-9,11H,3-4,10H2,1-2H3. The quantitative estimate of drug-likeness (QED) is 0.659. The van der Waals surface area contributed by atoms with E-state index in [0.717, 1.165) is 0 Å². The van der Waals surface area contributed by atoms with Crippen LogP contribution in [0.5, 0.6) is 0 Å². The molecule has 0 saturated carbocycles. The summed E-state index contributed by atoms with van der Waals surface area (Å²) < 4.78 is 0. The molecule has 1 aliphatic rings. The number of hydrogen-bond acceptors (Lipinski definition) is 0. The van der Waals surface area contributed by atoms with Crippen molar-refractivity contribution in [1.82, 2.24) is 0 Å². The zero-order valence-corrected chi connectivity index (χ0v) is 9.93. The summed E-state index contributed by atoms with van der Waals surface area (Å²) in [5.41, 5.74) is 1.46. The van der Waals surface area contributed by atoms with E-state index >= 15 is 0 Å². The average molecular weight is 205 g/mol. The van der Waals surface area contributed by atoms with Crippen molar-refractivity contribution in [2.24, 2.45) is 0 Å². The van der Waals surface area contributed by atoms with E-state index < -0.39 is 7.26 Å². The lowest BCUT2D eigenvalue weighted by atomic mass is 10.2. The molecule has 0 aromatic heterocycles. The second-order valence-electron chi connectivity index (χ2n) is 4.22. The van der Waals surface area contributed by atoms with Gasteiger partial charge < -0.3 is 0 Å². The highest BCUT2D eigenvalue weighted by molar-refractivity contribution is 7.85. The predicted molar refractivity (Wildman–Crippen MR) is 67.7 cm³/mol. The summed E-state index contributed by atoms with van der Waals surface area (Å²) in [7, 11) is -0.907. The largest absolute Gasteiger partial charge is 0.0796 e. The Morgan fingerprint density at radius 2 is 2.00 bits per heavy atom. The molecule has 0 spiro atoms. The van der Waals surface area contributed by atoms with E-state index in [0.29, 0.717) is 0 Å². The molecule has 0 saturated heterocycles. The summed E-state index contributed by atoms with van der Waals surface area (Å²) in [6.07, 6.45) is 6.38. The van der Waals surface area contributed by atoms with Gasteiger partial charge in [0, 0.05) is 0 Å². The molecule has 1 heteroatoms. The molecular weight excluding hydrogens is 187 g/mol. The Labute approximate surface area is 87.4 Å². The smallest absolute Gasteiger partial charge is 0.0175 e. The minimum atomic E-state index is -0.907. The van der Waals surface area contributed by atoms with Crippen LogP contribution in [-0.4, -0.2) is 12.8 Å². The Kier molecular flexibility index (Phi) is 2.74. The van der Waals surface area contributed by atoms with Crippen molar-refractivity contribution in [3.63, 3.8) is 0 Å². The molecule has 0 nitrogen and oxygen atoms in total. The van der Waals surface area contributed by atoms with Crippen LogP contribution in [0.15, 0.2) is 30.1 Å². The van der Waals surface area contributed by atoms with Gasteiger partial charge in [-0.25, -0.2) is 0 Å². The summed E-state index contributed by atoms with van der Waals surface area (Å²) in [6.45, 7) is 4.74. The Morgan fingerprint density at radius 1 is 1.21 bits per heavy atom. The van der Waals surface area contributed by atoms with Gasteiger partial charge in [-0.2, -0.15) is 0 Å². The molecule has 1 aliphatic heterocycles. The molecule has 1 aromatic rings. The van der Waals surface area contributed by atoms with Crippen molar-refractivity contribution in [2.45, 2.75) is 19.8 Å². The molecule has 0 fully saturated rings. The zero-order chi connectivity index (χ0) is 10.0. The minimum absolute atomic E-state index is 0.907. The lowest BCUT2D eigenvalue weighted by molar-refractivity contribution is 0.891. The van der Waals surface area contributed by atoms with Gasteiger partial charge in [0.1, 0.15) is 0 Å². The molecule has 1 heterocycles. The monoisotopic (exact) mass is 205 g/mol. The van der Waals surface area contributed by atoms with Gasteiger partial charge in [-0.1, -0.05) is 56.8 Å². The van der Waals surface area contributed by atoms with Crippen LogP contribution in [0.3, 0.4) is 0 Å². The van der Waals surface area contributed by atoms with E-state index in [4.69, 9.17) is 0 Å². The van der Waals surface area contributed by atoms with Gasteiger partial charge in [0.2, 0.25) is 0 Å². The van der Waals surface area contributed by atoms with E-state index in [9.17, 15) is 0 Å². The van der Waals surface area contributed by atoms with Crippen LogP contribution < -0.4 is 5.30 Å². The molecule has 1 aromatic carbocycles.